The van der Waals surface area contributed by atoms with E-state index in [1.807, 2.05) is 6.92 Å². The molecule has 0 saturated heterocycles. The summed E-state index contributed by atoms with van der Waals surface area (Å²) in [5.74, 6) is -0.0884. The highest BCUT2D eigenvalue weighted by atomic mass is 16.5. The largest absolute Gasteiger partial charge is 0.466 e. The number of carbonyl (C=O) groups excluding carboxylic acids is 1. The number of hydrogen-bond acceptors (Lipinski definition) is 3. The predicted octanol–water partition coefficient (Wildman–Crippen LogP) is 2.06. The molecular weight excluding hydrogens is 178 g/mol. The van der Waals surface area contributed by atoms with Crippen molar-refractivity contribution >= 4 is 5.97 Å². The first kappa shape index (κ1) is 13.4. The van der Waals surface area contributed by atoms with E-state index < -0.39 is 0 Å². The summed E-state index contributed by atoms with van der Waals surface area (Å²) >= 11 is 0. The molecule has 1 unspecified atom stereocenters. The Hall–Kier alpha value is -0.570. The molecule has 84 valence electrons. The molecule has 0 N–H and O–H groups in total. The van der Waals surface area contributed by atoms with Gasteiger partial charge in [0, 0.05) is 6.04 Å². The summed E-state index contributed by atoms with van der Waals surface area (Å²) in [7, 11) is 0. The second kappa shape index (κ2) is 7.80. The highest BCUT2D eigenvalue weighted by Gasteiger charge is 2.15. The van der Waals surface area contributed by atoms with E-state index in [1.165, 1.54) is 0 Å². The van der Waals surface area contributed by atoms with Crippen LogP contribution in [0.3, 0.4) is 0 Å². The summed E-state index contributed by atoms with van der Waals surface area (Å²) in [6.07, 6.45) is 1.63. The van der Waals surface area contributed by atoms with Gasteiger partial charge in [0.1, 0.15) is 0 Å². The van der Waals surface area contributed by atoms with E-state index in [4.69, 9.17) is 4.74 Å². The van der Waals surface area contributed by atoms with E-state index in [2.05, 4.69) is 25.7 Å². The first-order chi connectivity index (χ1) is 6.65. The summed E-state index contributed by atoms with van der Waals surface area (Å²) in [5.41, 5.74) is 0. The Kier molecular flexibility index (Phi) is 7.48. The predicted molar refractivity (Wildman–Crippen MR) is 58.3 cm³/mol. The van der Waals surface area contributed by atoms with Crippen LogP contribution in [-0.4, -0.2) is 36.6 Å². The molecule has 0 heterocycles. The molecule has 3 heteroatoms. The van der Waals surface area contributed by atoms with Crippen LogP contribution in [0.5, 0.6) is 0 Å². The second-order valence-electron chi connectivity index (χ2n) is 3.49. The third-order valence-electron chi connectivity index (χ3n) is 2.31. The van der Waals surface area contributed by atoms with Crippen LogP contribution in [0.1, 0.15) is 40.5 Å². The van der Waals surface area contributed by atoms with Crippen LogP contribution in [0.4, 0.5) is 0 Å². The number of rotatable bonds is 7. The van der Waals surface area contributed by atoms with Crippen LogP contribution in [0, 0.1) is 0 Å². The number of hydrogen-bond donors (Lipinski definition) is 0. The van der Waals surface area contributed by atoms with Gasteiger partial charge >= 0.3 is 5.97 Å². The minimum absolute atomic E-state index is 0.0884. The Morgan fingerprint density at radius 3 is 2.43 bits per heavy atom. The number of ether oxygens (including phenoxy) is 1. The molecule has 0 amide bonds. The van der Waals surface area contributed by atoms with Crippen LogP contribution in [0.2, 0.25) is 0 Å². The molecule has 0 bridgehead atoms. The van der Waals surface area contributed by atoms with Crippen molar-refractivity contribution in [1.29, 1.82) is 0 Å². The van der Waals surface area contributed by atoms with Crippen LogP contribution in [0.25, 0.3) is 0 Å². The van der Waals surface area contributed by atoms with Crippen molar-refractivity contribution in [3.63, 3.8) is 0 Å². The molecule has 0 fully saturated rings. The van der Waals surface area contributed by atoms with Crippen molar-refractivity contribution in [3.05, 3.63) is 0 Å². The zero-order valence-electron chi connectivity index (χ0n) is 9.88. The van der Waals surface area contributed by atoms with Crippen molar-refractivity contribution < 1.29 is 9.53 Å². The first-order valence-corrected chi connectivity index (χ1v) is 5.55. The van der Waals surface area contributed by atoms with Gasteiger partial charge in [-0.1, -0.05) is 13.8 Å². The maximum atomic E-state index is 11.2. The lowest BCUT2D eigenvalue weighted by molar-refractivity contribution is -0.144. The molecule has 3 nitrogen and oxygen atoms in total. The Morgan fingerprint density at radius 2 is 2.00 bits per heavy atom. The molecule has 0 rings (SSSR count). The average Bonchev–Trinajstić information content (AvgIpc) is 2.14. The van der Waals surface area contributed by atoms with Crippen molar-refractivity contribution in [1.82, 2.24) is 4.90 Å². The molecule has 0 aromatic carbocycles. The molecule has 0 radical (unpaired) electrons. The topological polar surface area (TPSA) is 29.5 Å². The third-order valence-corrected chi connectivity index (χ3v) is 2.31. The van der Waals surface area contributed by atoms with Crippen molar-refractivity contribution in [2.24, 2.45) is 0 Å². The zero-order chi connectivity index (χ0) is 11.0. The molecule has 0 aliphatic carbocycles. The molecule has 0 spiro atoms. The summed E-state index contributed by atoms with van der Waals surface area (Å²) in [4.78, 5) is 13.5. The minimum atomic E-state index is -0.0884. The lowest BCUT2D eigenvalue weighted by Gasteiger charge is -2.26. The standard InChI is InChI=1S/C11H23NO2/c1-5-8-12(6-2)10(4)9-11(13)14-7-3/h10H,5-9H2,1-4H3. The minimum Gasteiger partial charge on any atom is -0.466 e. The number of esters is 1. The molecule has 0 aliphatic heterocycles. The zero-order valence-corrected chi connectivity index (χ0v) is 9.88. The molecule has 14 heavy (non-hydrogen) atoms. The molecule has 0 aromatic heterocycles. The quantitative estimate of drug-likeness (QED) is 0.590. The van der Waals surface area contributed by atoms with Gasteiger partial charge in [-0.3, -0.25) is 4.79 Å². The van der Waals surface area contributed by atoms with Gasteiger partial charge in [0.25, 0.3) is 0 Å². The number of carbonyl (C=O) groups is 1. The molecule has 1 atom stereocenters. The summed E-state index contributed by atoms with van der Waals surface area (Å²) in [6, 6.07) is 0.291. The fourth-order valence-electron chi connectivity index (χ4n) is 1.57. The van der Waals surface area contributed by atoms with Gasteiger partial charge in [0.05, 0.1) is 13.0 Å². The first-order valence-electron chi connectivity index (χ1n) is 5.55. The molecule has 0 aromatic rings. The highest BCUT2D eigenvalue weighted by molar-refractivity contribution is 5.70. The van der Waals surface area contributed by atoms with Gasteiger partial charge in [-0.15, -0.1) is 0 Å². The maximum Gasteiger partial charge on any atom is 0.307 e. The van der Waals surface area contributed by atoms with E-state index >= 15 is 0 Å². The molecule has 0 aliphatic rings. The summed E-state index contributed by atoms with van der Waals surface area (Å²) < 4.78 is 4.92. The van der Waals surface area contributed by atoms with Crippen molar-refractivity contribution in [3.8, 4) is 0 Å². The third kappa shape index (κ3) is 5.22. The second-order valence-corrected chi connectivity index (χ2v) is 3.49. The lowest BCUT2D eigenvalue weighted by atomic mass is 10.2. The van der Waals surface area contributed by atoms with Gasteiger partial charge in [-0.05, 0) is 33.4 Å². The molecular formula is C11H23NO2. The summed E-state index contributed by atoms with van der Waals surface area (Å²) in [5, 5.41) is 0. The van der Waals surface area contributed by atoms with Gasteiger partial charge < -0.3 is 9.64 Å². The SMILES string of the molecule is CCCN(CC)C(C)CC(=O)OCC. The number of nitrogens with zero attached hydrogens (tertiary/aromatic N) is 1. The Balaban J connectivity index is 3.89. The monoisotopic (exact) mass is 201 g/mol. The van der Waals surface area contributed by atoms with Gasteiger partial charge in [-0.25, -0.2) is 0 Å². The van der Waals surface area contributed by atoms with Gasteiger partial charge in [-0.2, -0.15) is 0 Å². The van der Waals surface area contributed by atoms with Crippen LogP contribution < -0.4 is 0 Å². The Labute approximate surface area is 87.4 Å². The van der Waals surface area contributed by atoms with Gasteiger partial charge in [0.15, 0.2) is 0 Å². The smallest absolute Gasteiger partial charge is 0.307 e. The fourth-order valence-corrected chi connectivity index (χ4v) is 1.57. The van der Waals surface area contributed by atoms with Gasteiger partial charge in [0.2, 0.25) is 0 Å². The van der Waals surface area contributed by atoms with Crippen molar-refractivity contribution in [2.45, 2.75) is 46.6 Å². The highest BCUT2D eigenvalue weighted by Crippen LogP contribution is 2.05. The van der Waals surface area contributed by atoms with Crippen LogP contribution in [-0.2, 0) is 9.53 Å². The van der Waals surface area contributed by atoms with E-state index in [1.54, 1.807) is 0 Å². The summed E-state index contributed by atoms with van der Waals surface area (Å²) in [6.45, 7) is 10.7. The Morgan fingerprint density at radius 1 is 1.36 bits per heavy atom. The van der Waals surface area contributed by atoms with E-state index in [-0.39, 0.29) is 5.97 Å². The van der Waals surface area contributed by atoms with E-state index in [0.717, 1.165) is 19.5 Å². The van der Waals surface area contributed by atoms with E-state index in [0.29, 0.717) is 19.1 Å². The lowest BCUT2D eigenvalue weighted by Crippen LogP contribution is -2.35. The van der Waals surface area contributed by atoms with E-state index in [9.17, 15) is 4.79 Å². The maximum absolute atomic E-state index is 11.2. The Bertz CT molecular complexity index is 159. The normalized spacial score (nSPS) is 12.9. The average molecular weight is 201 g/mol. The van der Waals surface area contributed by atoms with Crippen LogP contribution >= 0.6 is 0 Å². The molecule has 0 saturated carbocycles. The fraction of sp³-hybridized carbons (Fsp3) is 0.909. The van der Waals surface area contributed by atoms with Crippen molar-refractivity contribution in [2.75, 3.05) is 19.7 Å². The van der Waals surface area contributed by atoms with Crippen LogP contribution in [0.15, 0.2) is 0 Å².